The second kappa shape index (κ2) is 7.16. The van der Waals surface area contributed by atoms with E-state index in [9.17, 15) is 9.18 Å². The number of nitrogens with zero attached hydrogens (tertiary/aromatic N) is 3. The van der Waals surface area contributed by atoms with E-state index in [4.69, 9.17) is 16.9 Å². The maximum atomic E-state index is 13.7. The maximum absolute atomic E-state index is 13.7. The summed E-state index contributed by atoms with van der Waals surface area (Å²) < 4.78 is 15.5. The number of nitrogens with one attached hydrogen (secondary N) is 1. The minimum Gasteiger partial charge on any atom is -0.351 e. The molecule has 0 fully saturated rings. The summed E-state index contributed by atoms with van der Waals surface area (Å²) in [7, 11) is 3.48. The molecule has 1 aromatic heterocycles. The number of carbonyl (C=O) groups excluding carboxylic acids is 1. The number of nitriles is 1. The minimum atomic E-state index is -0.457. The Morgan fingerprint density at radius 3 is 2.83 bits per heavy atom. The van der Waals surface area contributed by atoms with Gasteiger partial charge in [0.05, 0.1) is 23.2 Å². The van der Waals surface area contributed by atoms with Crippen molar-refractivity contribution in [1.29, 1.82) is 5.26 Å². The van der Waals surface area contributed by atoms with Gasteiger partial charge in [0, 0.05) is 38.1 Å². The lowest BCUT2D eigenvalue weighted by Crippen LogP contribution is -2.36. The summed E-state index contributed by atoms with van der Waals surface area (Å²) in [6.45, 7) is 0.383. The molecule has 1 heterocycles. The Balaban J connectivity index is 1.97. The minimum absolute atomic E-state index is 0.0123. The summed E-state index contributed by atoms with van der Waals surface area (Å²) >= 11 is 5.91. The molecule has 120 valence electrons. The molecule has 0 bridgehead atoms. The second-order valence-corrected chi connectivity index (χ2v) is 5.63. The third kappa shape index (κ3) is 4.24. The first kappa shape index (κ1) is 16.8. The molecule has 1 aromatic carbocycles. The number of rotatable bonds is 4. The van der Waals surface area contributed by atoms with Crippen molar-refractivity contribution in [2.24, 2.45) is 7.05 Å². The van der Waals surface area contributed by atoms with E-state index in [-0.39, 0.29) is 18.1 Å². The number of hydrogen-bond donors (Lipinski definition) is 1. The van der Waals surface area contributed by atoms with Crippen molar-refractivity contribution in [3.63, 3.8) is 0 Å². The van der Waals surface area contributed by atoms with Crippen LogP contribution in [-0.4, -0.2) is 22.5 Å². The van der Waals surface area contributed by atoms with Gasteiger partial charge < -0.3 is 14.8 Å². The Hall–Kier alpha value is -2.52. The molecule has 0 saturated heterocycles. The Bertz CT molecular complexity index is 766. The standard InChI is InChI=1S/C16H16ClFN4O/c1-21-9-13(17)6-14(21)10-22(2)16(23)20-8-12-5-11(7-19)3-4-15(12)18/h3-6,9H,8,10H2,1-2H3,(H,20,23). The molecule has 2 aromatic rings. The molecule has 0 atom stereocenters. The summed E-state index contributed by atoms with van der Waals surface area (Å²) in [6.07, 6.45) is 1.76. The van der Waals surface area contributed by atoms with Crippen molar-refractivity contribution >= 4 is 17.6 Å². The lowest BCUT2D eigenvalue weighted by Gasteiger charge is -2.18. The van der Waals surface area contributed by atoms with E-state index in [2.05, 4.69) is 5.32 Å². The topological polar surface area (TPSA) is 61.1 Å². The number of aromatic nitrogens is 1. The molecule has 1 N–H and O–H groups in total. The van der Waals surface area contributed by atoms with Crippen LogP contribution in [0.3, 0.4) is 0 Å². The third-order valence-electron chi connectivity index (χ3n) is 3.43. The summed E-state index contributed by atoms with van der Waals surface area (Å²) in [5.74, 6) is -0.457. The highest BCUT2D eigenvalue weighted by Crippen LogP contribution is 2.14. The zero-order valence-corrected chi connectivity index (χ0v) is 13.6. The monoisotopic (exact) mass is 334 g/mol. The van der Waals surface area contributed by atoms with Gasteiger partial charge in [-0.2, -0.15) is 5.26 Å². The van der Waals surface area contributed by atoms with Gasteiger partial charge in [-0.1, -0.05) is 11.6 Å². The predicted octanol–water partition coefficient (Wildman–Crippen LogP) is 3.03. The van der Waals surface area contributed by atoms with E-state index in [1.54, 1.807) is 19.3 Å². The number of carbonyl (C=O) groups is 1. The van der Waals surface area contributed by atoms with E-state index in [1.165, 1.54) is 23.1 Å². The zero-order valence-electron chi connectivity index (χ0n) is 12.8. The van der Waals surface area contributed by atoms with Gasteiger partial charge in [-0.05, 0) is 24.3 Å². The number of hydrogen-bond acceptors (Lipinski definition) is 2. The molecule has 5 nitrogen and oxygen atoms in total. The maximum Gasteiger partial charge on any atom is 0.317 e. The van der Waals surface area contributed by atoms with E-state index in [0.717, 1.165) is 5.69 Å². The van der Waals surface area contributed by atoms with E-state index in [0.29, 0.717) is 17.1 Å². The highest BCUT2D eigenvalue weighted by Gasteiger charge is 2.12. The van der Waals surface area contributed by atoms with Gasteiger partial charge in [0.25, 0.3) is 0 Å². The summed E-state index contributed by atoms with van der Waals surface area (Å²) in [5.41, 5.74) is 1.50. The first-order valence-corrected chi connectivity index (χ1v) is 7.26. The van der Waals surface area contributed by atoms with Crippen LogP contribution in [0.2, 0.25) is 5.02 Å². The fourth-order valence-corrected chi connectivity index (χ4v) is 2.40. The average Bonchev–Trinajstić information content (AvgIpc) is 2.83. The van der Waals surface area contributed by atoms with Crippen molar-refractivity contribution in [3.8, 4) is 6.07 Å². The van der Waals surface area contributed by atoms with Crippen LogP contribution in [0, 0.1) is 17.1 Å². The molecular weight excluding hydrogens is 319 g/mol. The molecule has 0 radical (unpaired) electrons. The molecule has 0 saturated carbocycles. The number of amides is 2. The van der Waals surface area contributed by atoms with Crippen LogP contribution < -0.4 is 5.32 Å². The van der Waals surface area contributed by atoms with Crippen molar-refractivity contribution in [2.75, 3.05) is 7.05 Å². The molecule has 23 heavy (non-hydrogen) atoms. The van der Waals surface area contributed by atoms with Crippen molar-refractivity contribution in [1.82, 2.24) is 14.8 Å². The smallest absolute Gasteiger partial charge is 0.317 e. The number of halogens is 2. The van der Waals surface area contributed by atoms with Gasteiger partial charge in [0.15, 0.2) is 0 Å². The summed E-state index contributed by atoms with van der Waals surface area (Å²) in [4.78, 5) is 13.6. The fourth-order valence-electron chi connectivity index (χ4n) is 2.12. The lowest BCUT2D eigenvalue weighted by molar-refractivity contribution is 0.205. The Kier molecular flexibility index (Phi) is 5.24. The molecule has 2 amide bonds. The van der Waals surface area contributed by atoms with Gasteiger partial charge in [-0.25, -0.2) is 9.18 Å². The Labute approximate surface area is 138 Å². The van der Waals surface area contributed by atoms with Crippen LogP contribution in [0.1, 0.15) is 16.8 Å². The van der Waals surface area contributed by atoms with Crippen LogP contribution in [0.5, 0.6) is 0 Å². The predicted molar refractivity (Wildman–Crippen MR) is 85.2 cm³/mol. The largest absolute Gasteiger partial charge is 0.351 e. The third-order valence-corrected chi connectivity index (χ3v) is 3.63. The molecule has 0 unspecified atom stereocenters. The van der Waals surface area contributed by atoms with Gasteiger partial charge >= 0.3 is 6.03 Å². The van der Waals surface area contributed by atoms with Gasteiger partial charge in [-0.3, -0.25) is 0 Å². The van der Waals surface area contributed by atoms with Gasteiger partial charge in [0.2, 0.25) is 0 Å². The van der Waals surface area contributed by atoms with Crippen LogP contribution in [0.25, 0.3) is 0 Å². The summed E-state index contributed by atoms with van der Waals surface area (Å²) in [6, 6.07) is 7.41. The van der Waals surface area contributed by atoms with E-state index < -0.39 is 5.82 Å². The van der Waals surface area contributed by atoms with Crippen LogP contribution in [0.15, 0.2) is 30.5 Å². The molecule has 2 rings (SSSR count). The second-order valence-electron chi connectivity index (χ2n) is 5.19. The Morgan fingerprint density at radius 1 is 1.48 bits per heavy atom. The Morgan fingerprint density at radius 2 is 2.22 bits per heavy atom. The first-order valence-electron chi connectivity index (χ1n) is 6.89. The molecule has 0 aliphatic rings. The van der Waals surface area contributed by atoms with Crippen molar-refractivity contribution in [3.05, 3.63) is 58.1 Å². The quantitative estimate of drug-likeness (QED) is 0.934. The van der Waals surface area contributed by atoms with Crippen molar-refractivity contribution < 1.29 is 9.18 Å². The number of aryl methyl sites for hydroxylation is 1. The SMILES string of the molecule is CN(Cc1cc(Cl)cn1C)C(=O)NCc1cc(C#N)ccc1F. The molecule has 7 heteroatoms. The van der Waals surface area contributed by atoms with Gasteiger partial charge in [0.1, 0.15) is 5.82 Å². The molecule has 0 spiro atoms. The molecular formula is C16H16ClFN4O. The number of benzene rings is 1. The normalized spacial score (nSPS) is 10.2. The highest BCUT2D eigenvalue weighted by atomic mass is 35.5. The number of urea groups is 1. The first-order chi connectivity index (χ1) is 10.9. The fraction of sp³-hybridized carbons (Fsp3) is 0.250. The molecule has 0 aliphatic heterocycles. The van der Waals surface area contributed by atoms with Crippen LogP contribution in [-0.2, 0) is 20.1 Å². The molecule has 0 aliphatic carbocycles. The lowest BCUT2D eigenvalue weighted by atomic mass is 10.1. The average molecular weight is 335 g/mol. The van der Waals surface area contributed by atoms with Gasteiger partial charge in [-0.15, -0.1) is 0 Å². The van der Waals surface area contributed by atoms with E-state index in [1.807, 2.05) is 17.7 Å². The van der Waals surface area contributed by atoms with Crippen molar-refractivity contribution in [2.45, 2.75) is 13.1 Å². The highest BCUT2D eigenvalue weighted by molar-refractivity contribution is 6.30. The van der Waals surface area contributed by atoms with Crippen LogP contribution >= 0.6 is 11.6 Å². The van der Waals surface area contributed by atoms with Crippen LogP contribution in [0.4, 0.5) is 9.18 Å². The zero-order chi connectivity index (χ0) is 17.0. The summed E-state index contributed by atoms with van der Waals surface area (Å²) in [5, 5.41) is 12.1. The van der Waals surface area contributed by atoms with E-state index >= 15 is 0 Å².